The van der Waals surface area contributed by atoms with Crippen LogP contribution in [0.2, 0.25) is 0 Å². The quantitative estimate of drug-likeness (QED) is 0.312. The summed E-state index contributed by atoms with van der Waals surface area (Å²) in [7, 11) is 0. The molecule has 0 bridgehead atoms. The van der Waals surface area contributed by atoms with Crippen LogP contribution >= 0.6 is 0 Å². The number of nitrogens with one attached hydrogen (secondary N) is 1. The van der Waals surface area contributed by atoms with Crippen molar-refractivity contribution < 1.29 is 24.0 Å². The Labute approximate surface area is 187 Å². The van der Waals surface area contributed by atoms with Gasteiger partial charge >= 0.3 is 12.1 Å². The van der Waals surface area contributed by atoms with Gasteiger partial charge < -0.3 is 14.8 Å². The van der Waals surface area contributed by atoms with E-state index in [2.05, 4.69) is 17.2 Å². The van der Waals surface area contributed by atoms with Crippen molar-refractivity contribution in [1.29, 1.82) is 0 Å². The highest BCUT2D eigenvalue weighted by Gasteiger charge is 2.25. The van der Waals surface area contributed by atoms with Gasteiger partial charge in [-0.1, -0.05) is 42.2 Å². The van der Waals surface area contributed by atoms with E-state index in [1.54, 1.807) is 33.8 Å². The Morgan fingerprint density at radius 2 is 1.84 bits per heavy atom. The number of hydrogen-bond acceptors (Lipinski definition) is 6. The van der Waals surface area contributed by atoms with Gasteiger partial charge in [0.2, 0.25) is 0 Å². The zero-order valence-corrected chi connectivity index (χ0v) is 18.5. The van der Waals surface area contributed by atoms with E-state index in [0.717, 1.165) is 5.56 Å². The molecule has 8 nitrogen and oxygen atoms in total. The van der Waals surface area contributed by atoms with Crippen LogP contribution in [0.25, 0.3) is 0 Å². The van der Waals surface area contributed by atoms with Gasteiger partial charge in [0.15, 0.2) is 0 Å². The van der Waals surface area contributed by atoms with Crippen LogP contribution < -0.4 is 5.32 Å². The zero-order chi connectivity index (χ0) is 23.7. The Kier molecular flexibility index (Phi) is 8.36. The zero-order valence-electron chi connectivity index (χ0n) is 18.5. The first-order chi connectivity index (χ1) is 15.0. The molecule has 1 unspecified atom stereocenters. The monoisotopic (exact) mass is 438 g/mol. The Bertz CT molecular complexity index is 1030. The third-order valence-electron chi connectivity index (χ3n) is 4.15. The van der Waals surface area contributed by atoms with Gasteiger partial charge in [-0.3, -0.25) is 10.1 Å². The standard InChI is InChI=1S/C24H26N2O6/c1-17-15-20(26(29)30)14-13-19(17)11-8-12-21(25-23(28)32-24(2,3)4)22(27)31-16-18-9-6-5-7-10-18/h5-7,9-10,13-15,21H,12,16H2,1-4H3,(H,25,28). The predicted octanol–water partition coefficient (Wildman–Crippen LogP) is 4.28. The molecule has 0 aliphatic rings. The number of non-ortho nitro benzene ring substituents is 1. The number of rotatable bonds is 6. The van der Waals surface area contributed by atoms with Crippen molar-refractivity contribution in [2.45, 2.75) is 52.4 Å². The van der Waals surface area contributed by atoms with Crippen LogP contribution in [0.5, 0.6) is 0 Å². The van der Waals surface area contributed by atoms with E-state index >= 15 is 0 Å². The smallest absolute Gasteiger partial charge is 0.408 e. The van der Waals surface area contributed by atoms with Crippen molar-refractivity contribution in [2.24, 2.45) is 0 Å². The summed E-state index contributed by atoms with van der Waals surface area (Å²) in [6.45, 7) is 6.91. The molecule has 0 aliphatic carbocycles. The van der Waals surface area contributed by atoms with Crippen molar-refractivity contribution >= 4 is 17.7 Å². The van der Waals surface area contributed by atoms with Crippen molar-refractivity contribution in [3.8, 4) is 11.8 Å². The molecule has 0 aliphatic heterocycles. The van der Waals surface area contributed by atoms with Gasteiger partial charge in [0.1, 0.15) is 18.2 Å². The van der Waals surface area contributed by atoms with Gasteiger partial charge in [0.05, 0.1) is 4.92 Å². The summed E-state index contributed by atoms with van der Waals surface area (Å²) in [6, 6.07) is 12.4. The minimum Gasteiger partial charge on any atom is -0.459 e. The topological polar surface area (TPSA) is 108 Å². The first kappa shape index (κ1) is 24.4. The van der Waals surface area contributed by atoms with E-state index in [9.17, 15) is 19.7 Å². The third kappa shape index (κ3) is 8.11. The second-order valence-electron chi connectivity index (χ2n) is 8.05. The summed E-state index contributed by atoms with van der Waals surface area (Å²) in [5, 5.41) is 13.4. The molecule has 2 rings (SSSR count). The highest BCUT2D eigenvalue weighted by molar-refractivity contribution is 5.81. The average molecular weight is 438 g/mol. The molecule has 0 spiro atoms. The fraction of sp³-hybridized carbons (Fsp3) is 0.333. The first-order valence-electron chi connectivity index (χ1n) is 9.99. The van der Waals surface area contributed by atoms with Crippen LogP contribution in [-0.2, 0) is 20.9 Å². The molecule has 0 radical (unpaired) electrons. The molecule has 2 aromatic carbocycles. The predicted molar refractivity (Wildman–Crippen MR) is 119 cm³/mol. The molecule has 8 heteroatoms. The molecule has 168 valence electrons. The van der Waals surface area contributed by atoms with E-state index in [1.165, 1.54) is 12.1 Å². The maximum absolute atomic E-state index is 12.6. The van der Waals surface area contributed by atoms with Crippen LogP contribution in [0.3, 0.4) is 0 Å². The van der Waals surface area contributed by atoms with Crippen molar-refractivity contribution in [1.82, 2.24) is 5.32 Å². The highest BCUT2D eigenvalue weighted by Crippen LogP contribution is 2.16. The van der Waals surface area contributed by atoms with E-state index in [0.29, 0.717) is 11.1 Å². The molecule has 0 fully saturated rings. The number of ether oxygens (including phenoxy) is 2. The number of hydrogen-bond donors (Lipinski definition) is 1. The van der Waals surface area contributed by atoms with Crippen LogP contribution in [-0.4, -0.2) is 28.6 Å². The summed E-state index contributed by atoms with van der Waals surface area (Å²) in [6.07, 6.45) is -0.781. The molecule has 1 atom stereocenters. The van der Waals surface area contributed by atoms with Gasteiger partial charge in [0, 0.05) is 24.1 Å². The fourth-order valence-electron chi connectivity index (χ4n) is 2.62. The van der Waals surface area contributed by atoms with E-state index in [1.807, 2.05) is 30.3 Å². The lowest BCUT2D eigenvalue weighted by molar-refractivity contribution is -0.384. The molecular formula is C24H26N2O6. The number of esters is 1. The van der Waals surface area contributed by atoms with E-state index in [-0.39, 0.29) is 18.7 Å². The summed E-state index contributed by atoms with van der Waals surface area (Å²) in [5.74, 6) is 5.09. The van der Waals surface area contributed by atoms with Gasteiger partial charge in [-0.15, -0.1) is 0 Å². The lowest BCUT2D eigenvalue weighted by Crippen LogP contribution is -2.44. The number of carbonyl (C=O) groups is 2. The lowest BCUT2D eigenvalue weighted by Gasteiger charge is -2.22. The largest absolute Gasteiger partial charge is 0.459 e. The number of nitro groups is 1. The minimum atomic E-state index is -1.04. The molecule has 1 amide bonds. The lowest BCUT2D eigenvalue weighted by atomic mass is 10.1. The third-order valence-corrected chi connectivity index (χ3v) is 4.15. The Morgan fingerprint density at radius 1 is 1.16 bits per heavy atom. The van der Waals surface area contributed by atoms with E-state index < -0.39 is 28.6 Å². The summed E-state index contributed by atoms with van der Waals surface area (Å²) >= 11 is 0. The van der Waals surface area contributed by atoms with Crippen molar-refractivity contribution in [3.05, 3.63) is 75.3 Å². The van der Waals surface area contributed by atoms with Crippen LogP contribution in [0.15, 0.2) is 48.5 Å². The second kappa shape index (κ2) is 11.0. The molecule has 1 N–H and O–H groups in total. The Balaban J connectivity index is 2.12. The molecule has 0 saturated carbocycles. The van der Waals surface area contributed by atoms with Crippen LogP contribution in [0.4, 0.5) is 10.5 Å². The second-order valence-corrected chi connectivity index (χ2v) is 8.05. The average Bonchev–Trinajstić information content (AvgIpc) is 2.71. The molecule has 0 aromatic heterocycles. The summed E-state index contributed by atoms with van der Waals surface area (Å²) in [4.78, 5) is 35.2. The van der Waals surface area contributed by atoms with Gasteiger partial charge in [-0.05, 0) is 44.9 Å². The van der Waals surface area contributed by atoms with Crippen LogP contribution in [0.1, 0.15) is 43.9 Å². The molecular weight excluding hydrogens is 412 g/mol. The van der Waals surface area contributed by atoms with Crippen molar-refractivity contribution in [3.63, 3.8) is 0 Å². The number of alkyl carbamates (subject to hydrolysis) is 1. The van der Waals surface area contributed by atoms with Crippen LogP contribution in [0, 0.1) is 28.9 Å². The summed E-state index contributed by atoms with van der Waals surface area (Å²) in [5.41, 5.74) is 1.27. The Hall–Kier alpha value is -3.86. The maximum atomic E-state index is 12.6. The highest BCUT2D eigenvalue weighted by atomic mass is 16.6. The molecule has 0 heterocycles. The maximum Gasteiger partial charge on any atom is 0.408 e. The number of benzene rings is 2. The fourth-order valence-corrected chi connectivity index (χ4v) is 2.62. The molecule has 2 aromatic rings. The summed E-state index contributed by atoms with van der Waals surface area (Å²) < 4.78 is 10.6. The minimum absolute atomic E-state index is 0.0245. The van der Waals surface area contributed by atoms with Crippen molar-refractivity contribution in [2.75, 3.05) is 0 Å². The number of nitro benzene ring substituents is 1. The molecule has 0 saturated heterocycles. The number of aryl methyl sites for hydroxylation is 1. The Morgan fingerprint density at radius 3 is 2.44 bits per heavy atom. The SMILES string of the molecule is Cc1cc([N+](=O)[O-])ccc1C#CCC(NC(=O)OC(C)(C)C)C(=O)OCc1ccccc1. The number of carbonyl (C=O) groups excluding carboxylic acids is 2. The number of nitrogens with zero attached hydrogens (tertiary/aromatic N) is 1. The number of amides is 1. The first-order valence-corrected chi connectivity index (χ1v) is 9.99. The normalized spacial score (nSPS) is 11.5. The van der Waals surface area contributed by atoms with E-state index in [4.69, 9.17) is 9.47 Å². The van der Waals surface area contributed by atoms with Gasteiger partial charge in [0.25, 0.3) is 5.69 Å². The van der Waals surface area contributed by atoms with Gasteiger partial charge in [-0.25, -0.2) is 9.59 Å². The van der Waals surface area contributed by atoms with Gasteiger partial charge in [-0.2, -0.15) is 0 Å². The molecule has 32 heavy (non-hydrogen) atoms.